The van der Waals surface area contributed by atoms with Crippen molar-refractivity contribution in [2.45, 2.75) is 13.2 Å². The highest BCUT2D eigenvalue weighted by Crippen LogP contribution is 2.25. The van der Waals surface area contributed by atoms with Crippen LogP contribution in [0.4, 0.5) is 14.5 Å². The molecule has 0 unspecified atom stereocenters. The van der Waals surface area contributed by atoms with Crippen molar-refractivity contribution in [3.63, 3.8) is 0 Å². The van der Waals surface area contributed by atoms with Crippen LogP contribution in [0.1, 0.15) is 5.56 Å². The lowest BCUT2D eigenvalue weighted by Gasteiger charge is -2.11. The minimum absolute atomic E-state index is 0.102. The van der Waals surface area contributed by atoms with Gasteiger partial charge >= 0.3 is 6.61 Å². The van der Waals surface area contributed by atoms with E-state index in [0.717, 1.165) is 5.69 Å². The average molecular weight is 274 g/mol. The number of benzene rings is 1. The van der Waals surface area contributed by atoms with Crippen molar-refractivity contribution < 1.29 is 13.5 Å². The lowest BCUT2D eigenvalue weighted by molar-refractivity contribution is -0.0504. The molecular formula is C11H10ClF2N3O. The van der Waals surface area contributed by atoms with Gasteiger partial charge in [0.2, 0.25) is 0 Å². The molecular weight excluding hydrogens is 264 g/mol. The molecule has 0 saturated heterocycles. The summed E-state index contributed by atoms with van der Waals surface area (Å²) in [4.78, 5) is 0. The smallest absolute Gasteiger partial charge is 0.387 e. The standard InChI is InChI=1S/C11H10ClF2N3O/c12-8-1-2-10(18-11(13)14)7(3-8)4-15-9-5-16-17-6-9/h1-3,5-6,11,15H,4H2,(H,16,17). The second-order valence-electron chi connectivity index (χ2n) is 3.47. The number of nitrogens with one attached hydrogen (secondary N) is 2. The zero-order valence-electron chi connectivity index (χ0n) is 9.16. The summed E-state index contributed by atoms with van der Waals surface area (Å²) < 4.78 is 28.9. The van der Waals surface area contributed by atoms with Crippen LogP contribution in [0.5, 0.6) is 5.75 Å². The molecule has 18 heavy (non-hydrogen) atoms. The number of aromatic amines is 1. The van der Waals surface area contributed by atoms with Crippen molar-refractivity contribution in [2.24, 2.45) is 0 Å². The number of H-pyrrole nitrogens is 1. The zero-order chi connectivity index (χ0) is 13.0. The Kier molecular flexibility index (Phi) is 3.99. The predicted molar refractivity (Wildman–Crippen MR) is 64.0 cm³/mol. The highest BCUT2D eigenvalue weighted by Gasteiger charge is 2.10. The molecule has 1 aromatic carbocycles. The molecule has 0 bridgehead atoms. The van der Waals surface area contributed by atoms with Gasteiger partial charge in [-0.1, -0.05) is 11.6 Å². The fraction of sp³-hybridized carbons (Fsp3) is 0.182. The molecule has 96 valence electrons. The van der Waals surface area contributed by atoms with Crippen LogP contribution in [0, 0.1) is 0 Å². The molecule has 0 aliphatic heterocycles. The van der Waals surface area contributed by atoms with Crippen molar-refractivity contribution in [1.29, 1.82) is 0 Å². The maximum absolute atomic E-state index is 12.2. The zero-order valence-corrected chi connectivity index (χ0v) is 9.92. The minimum atomic E-state index is -2.86. The highest BCUT2D eigenvalue weighted by atomic mass is 35.5. The molecule has 0 saturated carbocycles. The van der Waals surface area contributed by atoms with Crippen LogP contribution in [0.3, 0.4) is 0 Å². The van der Waals surface area contributed by atoms with E-state index in [-0.39, 0.29) is 5.75 Å². The molecule has 2 N–H and O–H groups in total. The summed E-state index contributed by atoms with van der Waals surface area (Å²) in [6.07, 6.45) is 3.23. The number of nitrogens with zero attached hydrogens (tertiary/aromatic N) is 1. The number of alkyl halides is 2. The topological polar surface area (TPSA) is 49.9 Å². The van der Waals surface area contributed by atoms with Gasteiger partial charge in [0.05, 0.1) is 11.9 Å². The molecule has 0 amide bonds. The lowest BCUT2D eigenvalue weighted by Crippen LogP contribution is -2.07. The first-order valence-electron chi connectivity index (χ1n) is 5.11. The average Bonchev–Trinajstić information content (AvgIpc) is 2.82. The molecule has 0 radical (unpaired) electrons. The molecule has 7 heteroatoms. The maximum atomic E-state index is 12.2. The van der Waals surface area contributed by atoms with Crippen molar-refractivity contribution >= 4 is 17.3 Å². The first kappa shape index (κ1) is 12.6. The largest absolute Gasteiger partial charge is 0.434 e. The van der Waals surface area contributed by atoms with Gasteiger partial charge in [-0.05, 0) is 18.2 Å². The second kappa shape index (κ2) is 5.68. The Balaban J connectivity index is 2.11. The van der Waals surface area contributed by atoms with Gasteiger partial charge in [-0.2, -0.15) is 13.9 Å². The van der Waals surface area contributed by atoms with Crippen LogP contribution in [-0.2, 0) is 6.54 Å². The fourth-order valence-corrected chi connectivity index (χ4v) is 1.64. The van der Waals surface area contributed by atoms with E-state index in [0.29, 0.717) is 17.1 Å². The van der Waals surface area contributed by atoms with Gasteiger partial charge in [0, 0.05) is 23.3 Å². The summed E-state index contributed by atoms with van der Waals surface area (Å²) in [6.45, 7) is -2.55. The van der Waals surface area contributed by atoms with E-state index in [2.05, 4.69) is 20.3 Å². The summed E-state index contributed by atoms with van der Waals surface area (Å²) in [5.41, 5.74) is 1.29. The van der Waals surface area contributed by atoms with Crippen molar-refractivity contribution in [3.8, 4) is 5.75 Å². The third-order valence-corrected chi connectivity index (χ3v) is 2.45. The van der Waals surface area contributed by atoms with Gasteiger partial charge in [0.15, 0.2) is 0 Å². The van der Waals surface area contributed by atoms with Crippen LogP contribution >= 0.6 is 11.6 Å². The van der Waals surface area contributed by atoms with Gasteiger partial charge in [-0.25, -0.2) is 0 Å². The van der Waals surface area contributed by atoms with Crippen LogP contribution in [0.2, 0.25) is 5.02 Å². The third kappa shape index (κ3) is 3.33. The number of aromatic nitrogens is 2. The molecule has 1 heterocycles. The summed E-state index contributed by atoms with van der Waals surface area (Å²) in [5, 5.41) is 9.86. The molecule has 0 fully saturated rings. The Morgan fingerprint density at radius 3 is 2.94 bits per heavy atom. The van der Waals surface area contributed by atoms with E-state index in [9.17, 15) is 8.78 Å². The molecule has 4 nitrogen and oxygen atoms in total. The lowest BCUT2D eigenvalue weighted by atomic mass is 10.2. The fourth-order valence-electron chi connectivity index (χ4n) is 1.44. The number of rotatable bonds is 5. The quantitative estimate of drug-likeness (QED) is 0.879. The summed E-state index contributed by atoms with van der Waals surface area (Å²) in [6, 6.07) is 4.49. The van der Waals surface area contributed by atoms with Gasteiger partial charge in [0.25, 0.3) is 0 Å². The Hall–Kier alpha value is -1.82. The summed E-state index contributed by atoms with van der Waals surface area (Å²) >= 11 is 5.82. The number of ether oxygens (including phenoxy) is 1. The maximum Gasteiger partial charge on any atom is 0.387 e. The molecule has 2 rings (SSSR count). The molecule has 0 spiro atoms. The Morgan fingerprint density at radius 1 is 1.44 bits per heavy atom. The van der Waals surface area contributed by atoms with Crippen LogP contribution in [-0.4, -0.2) is 16.8 Å². The number of anilines is 1. The Bertz CT molecular complexity index is 505. The third-order valence-electron chi connectivity index (χ3n) is 2.22. The normalized spacial score (nSPS) is 10.7. The molecule has 0 atom stereocenters. The summed E-state index contributed by atoms with van der Waals surface area (Å²) in [5.74, 6) is 0.102. The van der Waals surface area contributed by atoms with Crippen LogP contribution < -0.4 is 10.1 Å². The highest BCUT2D eigenvalue weighted by molar-refractivity contribution is 6.30. The minimum Gasteiger partial charge on any atom is -0.434 e. The van der Waals surface area contributed by atoms with Gasteiger partial charge in [0.1, 0.15) is 5.75 Å². The van der Waals surface area contributed by atoms with Gasteiger partial charge in [-0.15, -0.1) is 0 Å². The second-order valence-corrected chi connectivity index (χ2v) is 3.91. The number of hydrogen-bond acceptors (Lipinski definition) is 3. The van der Waals surface area contributed by atoms with Crippen molar-refractivity contribution in [1.82, 2.24) is 10.2 Å². The van der Waals surface area contributed by atoms with Crippen molar-refractivity contribution in [3.05, 3.63) is 41.2 Å². The summed E-state index contributed by atoms with van der Waals surface area (Å²) in [7, 11) is 0. The van der Waals surface area contributed by atoms with E-state index in [1.54, 1.807) is 18.5 Å². The van der Waals surface area contributed by atoms with E-state index >= 15 is 0 Å². The SMILES string of the molecule is FC(F)Oc1ccc(Cl)cc1CNc1cn[nH]c1. The van der Waals surface area contributed by atoms with Crippen LogP contribution in [0.25, 0.3) is 0 Å². The predicted octanol–water partition coefficient (Wildman–Crippen LogP) is 3.28. The Labute approximate surface area is 107 Å². The first-order chi connectivity index (χ1) is 8.65. The number of halogens is 3. The molecule has 0 aliphatic rings. The molecule has 2 aromatic rings. The molecule has 1 aromatic heterocycles. The van der Waals surface area contributed by atoms with Gasteiger partial charge in [-0.3, -0.25) is 5.10 Å². The Morgan fingerprint density at radius 2 is 2.28 bits per heavy atom. The first-order valence-corrected chi connectivity index (χ1v) is 5.49. The van der Waals surface area contributed by atoms with Gasteiger partial charge < -0.3 is 10.1 Å². The number of hydrogen-bond donors (Lipinski definition) is 2. The molecule has 0 aliphatic carbocycles. The monoisotopic (exact) mass is 273 g/mol. The van der Waals surface area contributed by atoms with E-state index in [4.69, 9.17) is 11.6 Å². The van der Waals surface area contributed by atoms with E-state index < -0.39 is 6.61 Å². The van der Waals surface area contributed by atoms with Crippen molar-refractivity contribution in [2.75, 3.05) is 5.32 Å². The van der Waals surface area contributed by atoms with E-state index in [1.807, 2.05) is 0 Å². The van der Waals surface area contributed by atoms with E-state index in [1.165, 1.54) is 12.1 Å². The van der Waals surface area contributed by atoms with Crippen LogP contribution in [0.15, 0.2) is 30.6 Å².